The molecule has 2 rings (SSSR count). The van der Waals surface area contributed by atoms with Crippen LogP contribution in [-0.2, 0) is 19.8 Å². The van der Waals surface area contributed by atoms with E-state index in [1.165, 1.54) is 12.1 Å². The molecule has 0 radical (unpaired) electrons. The molecule has 0 saturated heterocycles. The number of hydroxylamine groups is 2. The second-order valence-corrected chi connectivity index (χ2v) is 5.76. The van der Waals surface area contributed by atoms with E-state index in [9.17, 15) is 13.2 Å². The molecule has 1 N–H and O–H groups in total. The van der Waals surface area contributed by atoms with Crippen molar-refractivity contribution in [2.45, 2.75) is 18.7 Å². The summed E-state index contributed by atoms with van der Waals surface area (Å²) in [4.78, 5) is 16.0. The average Bonchev–Trinajstić information content (AvgIpc) is 2.49. The lowest BCUT2D eigenvalue weighted by atomic mass is 10.1. The number of allylic oxidation sites excluding steroid dienone is 2. The summed E-state index contributed by atoms with van der Waals surface area (Å²) in [5.41, 5.74) is 0.756. The number of hydrogen-bond donors (Lipinski definition) is 1. The van der Waals surface area contributed by atoms with Crippen molar-refractivity contribution < 1.29 is 22.6 Å². The standard InChI is InChI=1S/C9H13NO2.C6H6O3S/c1-3-12-10-6-4-9(5-7-10)8(2)11;7-10(8,9)6-4-2-1-3-5-6/h4-6H,3,7H2,1-2H3;1-5H,(H,7,8,9). The Morgan fingerprint density at radius 2 is 1.95 bits per heavy atom. The number of carbonyl (C=O) groups is 1. The highest BCUT2D eigenvalue weighted by Crippen LogP contribution is 2.08. The highest BCUT2D eigenvalue weighted by atomic mass is 32.2. The van der Waals surface area contributed by atoms with Gasteiger partial charge in [-0.3, -0.25) is 19.2 Å². The van der Waals surface area contributed by atoms with E-state index >= 15 is 0 Å². The van der Waals surface area contributed by atoms with E-state index in [1.54, 1.807) is 42.5 Å². The van der Waals surface area contributed by atoms with Gasteiger partial charge in [0, 0.05) is 11.8 Å². The van der Waals surface area contributed by atoms with Crippen molar-refractivity contribution in [3.8, 4) is 0 Å². The Morgan fingerprint density at radius 1 is 1.32 bits per heavy atom. The minimum Gasteiger partial charge on any atom is -0.295 e. The number of nitrogens with zero attached hydrogens (tertiary/aromatic N) is 1. The molecule has 1 aliphatic heterocycles. The van der Waals surface area contributed by atoms with Crippen LogP contribution in [0.3, 0.4) is 0 Å². The Hall–Kier alpha value is -1.96. The van der Waals surface area contributed by atoms with Crippen molar-refractivity contribution in [2.75, 3.05) is 13.2 Å². The number of ketones is 1. The number of benzene rings is 1. The van der Waals surface area contributed by atoms with Gasteiger partial charge < -0.3 is 0 Å². The monoisotopic (exact) mass is 325 g/mol. The van der Waals surface area contributed by atoms with Gasteiger partial charge in [0.05, 0.1) is 18.0 Å². The normalized spacial score (nSPS) is 14.0. The van der Waals surface area contributed by atoms with Crippen molar-refractivity contribution >= 4 is 15.9 Å². The van der Waals surface area contributed by atoms with E-state index in [-0.39, 0.29) is 10.7 Å². The van der Waals surface area contributed by atoms with Crippen LogP contribution >= 0.6 is 0 Å². The molecule has 0 fully saturated rings. The molecule has 0 unspecified atom stereocenters. The molecule has 0 spiro atoms. The first kappa shape index (κ1) is 18.1. The third-order valence-corrected chi connectivity index (χ3v) is 3.52. The molecule has 0 aliphatic carbocycles. The number of Topliss-reactive ketones (excluding diaryl/α,β-unsaturated/α-hetero) is 1. The second-order valence-electron chi connectivity index (χ2n) is 4.34. The number of carbonyl (C=O) groups excluding carboxylic acids is 1. The van der Waals surface area contributed by atoms with Gasteiger partial charge in [-0.1, -0.05) is 24.3 Å². The predicted octanol–water partition coefficient (Wildman–Crippen LogP) is 2.22. The summed E-state index contributed by atoms with van der Waals surface area (Å²) >= 11 is 0. The Balaban J connectivity index is 0.000000224. The third kappa shape index (κ3) is 6.21. The van der Waals surface area contributed by atoms with Crippen molar-refractivity contribution in [1.29, 1.82) is 0 Å². The van der Waals surface area contributed by atoms with E-state index in [2.05, 4.69) is 0 Å². The lowest BCUT2D eigenvalue weighted by Gasteiger charge is -2.20. The Morgan fingerprint density at radius 3 is 2.32 bits per heavy atom. The van der Waals surface area contributed by atoms with E-state index in [1.807, 2.05) is 13.0 Å². The van der Waals surface area contributed by atoms with E-state index < -0.39 is 10.1 Å². The molecule has 6 nitrogen and oxygen atoms in total. The quantitative estimate of drug-likeness (QED) is 0.855. The van der Waals surface area contributed by atoms with Gasteiger partial charge in [-0.2, -0.15) is 8.42 Å². The molecule has 0 atom stereocenters. The van der Waals surface area contributed by atoms with E-state index in [4.69, 9.17) is 9.39 Å². The van der Waals surface area contributed by atoms with Crippen LogP contribution in [0.5, 0.6) is 0 Å². The third-order valence-electron chi connectivity index (χ3n) is 2.65. The van der Waals surface area contributed by atoms with Gasteiger partial charge in [0.2, 0.25) is 0 Å². The van der Waals surface area contributed by atoms with Crippen molar-refractivity contribution in [1.82, 2.24) is 5.06 Å². The van der Waals surface area contributed by atoms with Gasteiger partial charge in [-0.05, 0) is 32.1 Å². The average molecular weight is 325 g/mol. The second kappa shape index (κ2) is 8.47. The Kier molecular flexibility index (Phi) is 6.97. The summed E-state index contributed by atoms with van der Waals surface area (Å²) in [5.74, 6) is 0.0994. The molecule has 0 bridgehead atoms. The van der Waals surface area contributed by atoms with Crippen LogP contribution in [0.25, 0.3) is 0 Å². The number of hydrogen-bond acceptors (Lipinski definition) is 5. The van der Waals surface area contributed by atoms with Crippen LogP contribution in [0, 0.1) is 0 Å². The maximum atomic E-state index is 10.9. The largest absolute Gasteiger partial charge is 0.295 e. The molecule has 0 amide bonds. The maximum Gasteiger partial charge on any atom is 0.294 e. The fourth-order valence-electron chi connectivity index (χ4n) is 1.60. The topological polar surface area (TPSA) is 83.9 Å². The zero-order chi connectivity index (χ0) is 16.6. The van der Waals surface area contributed by atoms with Gasteiger partial charge in [-0.15, -0.1) is 0 Å². The molecule has 0 aromatic heterocycles. The van der Waals surface area contributed by atoms with Crippen LogP contribution in [0.2, 0.25) is 0 Å². The molecule has 0 saturated carbocycles. The molecule has 7 heteroatoms. The summed E-state index contributed by atoms with van der Waals surface area (Å²) in [7, 11) is -4.00. The summed E-state index contributed by atoms with van der Waals surface area (Å²) in [5, 5.41) is 1.70. The van der Waals surface area contributed by atoms with Crippen LogP contribution in [0.4, 0.5) is 0 Å². The van der Waals surface area contributed by atoms with Crippen molar-refractivity contribution in [3.05, 3.63) is 54.3 Å². The molecule has 1 heterocycles. The fraction of sp³-hybridized carbons (Fsp3) is 0.267. The van der Waals surface area contributed by atoms with Crippen molar-refractivity contribution in [3.63, 3.8) is 0 Å². The summed E-state index contributed by atoms with van der Waals surface area (Å²) in [6.45, 7) is 4.79. The molecular formula is C15H19NO5S. The maximum absolute atomic E-state index is 10.9. The molecule has 1 aliphatic rings. The fourth-order valence-corrected chi connectivity index (χ4v) is 2.10. The molecule has 120 valence electrons. The zero-order valence-electron chi connectivity index (χ0n) is 12.5. The van der Waals surface area contributed by atoms with E-state index in [0.29, 0.717) is 13.2 Å². The van der Waals surface area contributed by atoms with Crippen LogP contribution < -0.4 is 0 Å². The molecule has 22 heavy (non-hydrogen) atoms. The first-order valence-electron chi connectivity index (χ1n) is 6.66. The predicted molar refractivity (Wildman–Crippen MR) is 82.5 cm³/mol. The lowest BCUT2D eigenvalue weighted by molar-refractivity contribution is -0.114. The summed E-state index contributed by atoms with van der Waals surface area (Å²) < 4.78 is 29.2. The number of rotatable bonds is 4. The Labute approximate surface area is 130 Å². The molecular weight excluding hydrogens is 306 g/mol. The first-order valence-corrected chi connectivity index (χ1v) is 8.10. The van der Waals surface area contributed by atoms with Gasteiger partial charge in [0.25, 0.3) is 10.1 Å². The van der Waals surface area contributed by atoms with Crippen LogP contribution in [0.15, 0.2) is 59.2 Å². The lowest BCUT2D eigenvalue weighted by Crippen LogP contribution is -2.21. The van der Waals surface area contributed by atoms with Gasteiger partial charge in [-0.25, -0.2) is 0 Å². The first-order chi connectivity index (χ1) is 10.3. The SMILES string of the molecule is CCON1C=CC(C(C)=O)=CC1.O=S(=O)(O)c1ccccc1. The van der Waals surface area contributed by atoms with Gasteiger partial charge in [0.15, 0.2) is 5.78 Å². The Bertz CT molecular complexity index is 650. The zero-order valence-corrected chi connectivity index (χ0v) is 13.3. The van der Waals surface area contributed by atoms with Gasteiger partial charge in [0.1, 0.15) is 0 Å². The van der Waals surface area contributed by atoms with Crippen molar-refractivity contribution in [2.24, 2.45) is 0 Å². The summed E-state index contributed by atoms with van der Waals surface area (Å²) in [6.07, 6.45) is 5.40. The summed E-state index contributed by atoms with van der Waals surface area (Å²) in [6, 6.07) is 7.42. The molecule has 1 aromatic rings. The van der Waals surface area contributed by atoms with Crippen LogP contribution in [-0.4, -0.2) is 37.0 Å². The van der Waals surface area contributed by atoms with E-state index in [0.717, 1.165) is 5.57 Å². The smallest absolute Gasteiger partial charge is 0.294 e. The minimum absolute atomic E-state index is 0.0741. The van der Waals surface area contributed by atoms with Crippen LogP contribution in [0.1, 0.15) is 13.8 Å². The molecule has 1 aromatic carbocycles. The highest BCUT2D eigenvalue weighted by molar-refractivity contribution is 7.85. The minimum atomic E-state index is -4.00. The highest BCUT2D eigenvalue weighted by Gasteiger charge is 2.07. The van der Waals surface area contributed by atoms with Gasteiger partial charge >= 0.3 is 0 Å².